The third-order valence-electron chi connectivity index (χ3n) is 5.21. The Hall–Kier alpha value is -4.32. The lowest BCUT2D eigenvalue weighted by Crippen LogP contribution is -2.15. The Kier molecular flexibility index (Phi) is 3.52. The molecule has 0 spiro atoms. The van der Waals surface area contributed by atoms with Gasteiger partial charge in [-0.1, -0.05) is 36.4 Å². The molecule has 0 aliphatic heterocycles. The van der Waals surface area contributed by atoms with Gasteiger partial charge in [0.1, 0.15) is 5.82 Å². The van der Waals surface area contributed by atoms with Crippen LogP contribution < -0.4 is 5.56 Å². The fraction of sp³-hybridized carbons (Fsp3) is 0. The Labute approximate surface area is 170 Å². The van der Waals surface area contributed by atoms with E-state index in [-0.39, 0.29) is 5.56 Å². The largest absolute Gasteiger partial charge is 0.268 e. The highest BCUT2D eigenvalue weighted by Gasteiger charge is 2.17. The van der Waals surface area contributed by atoms with Gasteiger partial charge in [-0.25, -0.2) is 14.4 Å². The molecule has 4 heterocycles. The van der Waals surface area contributed by atoms with Crippen LogP contribution in [-0.2, 0) is 0 Å². The maximum atomic E-state index is 13.3. The number of fused-ring (bicyclic) bond motifs is 4. The minimum Gasteiger partial charge on any atom is -0.268 e. The molecule has 6 rings (SSSR count). The lowest BCUT2D eigenvalue weighted by molar-refractivity contribution is 1.01. The van der Waals surface area contributed by atoms with Crippen LogP contribution in [0.3, 0.4) is 0 Å². The molecule has 0 fully saturated rings. The van der Waals surface area contributed by atoms with Gasteiger partial charge in [-0.3, -0.25) is 14.3 Å². The van der Waals surface area contributed by atoms with Gasteiger partial charge >= 0.3 is 0 Å². The molecule has 0 saturated heterocycles. The van der Waals surface area contributed by atoms with Gasteiger partial charge in [0.2, 0.25) is 5.78 Å². The Bertz CT molecular complexity index is 1620. The average molecular weight is 389 g/mol. The van der Waals surface area contributed by atoms with E-state index in [0.29, 0.717) is 22.5 Å². The second-order valence-corrected chi connectivity index (χ2v) is 6.99. The SMILES string of the molecule is O=c1c2ccccc2nc2n(-c3cccc(-c4ccccn4)n3)c3ccccc3n12. The third-order valence-corrected chi connectivity index (χ3v) is 5.21. The van der Waals surface area contributed by atoms with Crippen LogP contribution >= 0.6 is 0 Å². The van der Waals surface area contributed by atoms with E-state index in [1.807, 2.05) is 89.5 Å². The second-order valence-electron chi connectivity index (χ2n) is 6.99. The monoisotopic (exact) mass is 389 g/mol. The number of para-hydroxylation sites is 3. The number of imidazole rings is 1. The molecule has 4 aromatic heterocycles. The summed E-state index contributed by atoms with van der Waals surface area (Å²) in [6.07, 6.45) is 1.75. The van der Waals surface area contributed by atoms with Gasteiger partial charge in [0.15, 0.2) is 0 Å². The minimum atomic E-state index is -0.0913. The van der Waals surface area contributed by atoms with Crippen molar-refractivity contribution in [3.63, 3.8) is 0 Å². The number of hydrogen-bond donors (Lipinski definition) is 0. The quantitative estimate of drug-likeness (QED) is 0.444. The van der Waals surface area contributed by atoms with Gasteiger partial charge in [-0.05, 0) is 48.5 Å². The molecule has 6 aromatic rings. The predicted octanol–water partition coefficient (Wildman–Crippen LogP) is 4.25. The van der Waals surface area contributed by atoms with E-state index in [1.165, 1.54) is 0 Å². The molecule has 30 heavy (non-hydrogen) atoms. The number of benzene rings is 2. The van der Waals surface area contributed by atoms with Crippen LogP contribution in [-0.4, -0.2) is 23.9 Å². The number of rotatable bonds is 2. The Morgan fingerprint density at radius 3 is 2.30 bits per heavy atom. The van der Waals surface area contributed by atoms with Gasteiger partial charge in [0.25, 0.3) is 5.56 Å². The molecule has 0 aliphatic rings. The highest BCUT2D eigenvalue weighted by Crippen LogP contribution is 2.25. The van der Waals surface area contributed by atoms with Gasteiger partial charge in [-0.15, -0.1) is 0 Å². The first-order chi connectivity index (χ1) is 14.8. The standard InChI is InChI=1S/C24H15N5O/c30-23-16-8-1-2-9-17(16)27-24-28(20-12-3-4-13-21(20)29(23)24)22-14-7-11-19(26-22)18-10-5-6-15-25-18/h1-15H. The van der Waals surface area contributed by atoms with Gasteiger partial charge in [0, 0.05) is 6.20 Å². The van der Waals surface area contributed by atoms with Crippen molar-refractivity contribution in [3.05, 3.63) is 101 Å². The summed E-state index contributed by atoms with van der Waals surface area (Å²) in [4.78, 5) is 27.4. The lowest BCUT2D eigenvalue weighted by Gasteiger charge is -2.08. The minimum absolute atomic E-state index is 0.0913. The number of nitrogens with zero attached hydrogens (tertiary/aromatic N) is 5. The summed E-state index contributed by atoms with van der Waals surface area (Å²) >= 11 is 0. The highest BCUT2D eigenvalue weighted by atomic mass is 16.1. The van der Waals surface area contributed by atoms with Crippen LogP contribution in [0.2, 0.25) is 0 Å². The van der Waals surface area contributed by atoms with E-state index in [1.54, 1.807) is 10.6 Å². The van der Waals surface area contributed by atoms with Crippen molar-refractivity contribution in [1.29, 1.82) is 0 Å². The maximum Gasteiger partial charge on any atom is 0.267 e. The van der Waals surface area contributed by atoms with E-state index in [2.05, 4.69) is 4.98 Å². The first-order valence-electron chi connectivity index (χ1n) is 9.61. The molecule has 6 nitrogen and oxygen atoms in total. The normalized spacial score (nSPS) is 11.5. The number of hydrogen-bond acceptors (Lipinski definition) is 4. The van der Waals surface area contributed by atoms with E-state index >= 15 is 0 Å². The average Bonchev–Trinajstić information content (AvgIpc) is 3.14. The summed E-state index contributed by atoms with van der Waals surface area (Å²) in [6, 6.07) is 26.7. The summed E-state index contributed by atoms with van der Waals surface area (Å²) in [5.41, 5.74) is 3.77. The van der Waals surface area contributed by atoms with Gasteiger partial charge in [0.05, 0.1) is 33.3 Å². The Balaban J connectivity index is 1.74. The number of pyridine rings is 2. The predicted molar refractivity (Wildman–Crippen MR) is 117 cm³/mol. The molecule has 0 radical (unpaired) electrons. The van der Waals surface area contributed by atoms with Crippen molar-refractivity contribution >= 4 is 27.7 Å². The summed E-state index contributed by atoms with van der Waals surface area (Å²) < 4.78 is 3.59. The fourth-order valence-electron chi connectivity index (χ4n) is 3.87. The molecule has 142 valence electrons. The first kappa shape index (κ1) is 16.6. The molecule has 0 atom stereocenters. The van der Waals surface area contributed by atoms with Crippen LogP contribution in [0.4, 0.5) is 0 Å². The topological polar surface area (TPSA) is 65.1 Å². The molecule has 0 unspecified atom stereocenters. The maximum absolute atomic E-state index is 13.3. The molecule has 0 N–H and O–H groups in total. The number of aromatic nitrogens is 5. The van der Waals surface area contributed by atoms with Gasteiger partial charge in [-0.2, -0.15) is 0 Å². The lowest BCUT2D eigenvalue weighted by atomic mass is 10.2. The van der Waals surface area contributed by atoms with Crippen LogP contribution in [0.1, 0.15) is 0 Å². The summed E-state index contributed by atoms with van der Waals surface area (Å²) in [7, 11) is 0. The fourth-order valence-corrected chi connectivity index (χ4v) is 3.87. The van der Waals surface area contributed by atoms with Crippen molar-refractivity contribution in [2.45, 2.75) is 0 Å². The molecule has 0 bridgehead atoms. The van der Waals surface area contributed by atoms with Crippen molar-refractivity contribution in [2.24, 2.45) is 0 Å². The Morgan fingerprint density at radius 1 is 0.667 bits per heavy atom. The molecule has 0 aliphatic carbocycles. The Morgan fingerprint density at radius 2 is 1.43 bits per heavy atom. The van der Waals surface area contributed by atoms with E-state index in [0.717, 1.165) is 22.4 Å². The molecule has 0 saturated carbocycles. The van der Waals surface area contributed by atoms with E-state index in [4.69, 9.17) is 9.97 Å². The van der Waals surface area contributed by atoms with Crippen LogP contribution in [0.25, 0.3) is 44.9 Å². The van der Waals surface area contributed by atoms with E-state index < -0.39 is 0 Å². The molecular formula is C24H15N5O. The van der Waals surface area contributed by atoms with Crippen molar-refractivity contribution < 1.29 is 0 Å². The van der Waals surface area contributed by atoms with Crippen molar-refractivity contribution in [2.75, 3.05) is 0 Å². The van der Waals surface area contributed by atoms with Crippen LogP contribution in [0, 0.1) is 0 Å². The van der Waals surface area contributed by atoms with E-state index in [9.17, 15) is 4.79 Å². The van der Waals surface area contributed by atoms with Crippen molar-refractivity contribution in [3.8, 4) is 17.2 Å². The zero-order chi connectivity index (χ0) is 20.1. The first-order valence-corrected chi connectivity index (χ1v) is 9.61. The second kappa shape index (κ2) is 6.35. The molecular weight excluding hydrogens is 374 g/mol. The van der Waals surface area contributed by atoms with Gasteiger partial charge < -0.3 is 0 Å². The third kappa shape index (κ3) is 2.37. The summed E-state index contributed by atoms with van der Waals surface area (Å²) in [6.45, 7) is 0. The summed E-state index contributed by atoms with van der Waals surface area (Å²) in [5, 5.41) is 0.591. The van der Waals surface area contributed by atoms with Crippen LogP contribution in [0.15, 0.2) is 95.9 Å². The summed E-state index contributed by atoms with van der Waals surface area (Å²) in [5.74, 6) is 1.21. The van der Waals surface area contributed by atoms with Crippen molar-refractivity contribution in [1.82, 2.24) is 23.9 Å². The molecule has 6 heteroatoms. The van der Waals surface area contributed by atoms with Crippen LogP contribution in [0.5, 0.6) is 0 Å². The smallest absolute Gasteiger partial charge is 0.267 e. The zero-order valence-electron chi connectivity index (χ0n) is 15.8. The molecule has 0 amide bonds. The molecule has 2 aromatic carbocycles. The zero-order valence-corrected chi connectivity index (χ0v) is 15.8. The highest BCUT2D eigenvalue weighted by molar-refractivity contribution is 5.87.